The number of nitrogens with one attached hydrogen (secondary N) is 2. The topological polar surface area (TPSA) is 87.3 Å². The van der Waals surface area contributed by atoms with E-state index in [1.54, 1.807) is 7.11 Å². The minimum absolute atomic E-state index is 0.129. The van der Waals surface area contributed by atoms with Crippen molar-refractivity contribution < 1.29 is 9.53 Å². The fraction of sp³-hybridized carbons (Fsp3) is 0.292. The molecular weight excluding hydrogens is 424 g/mol. The Kier molecular flexibility index (Phi) is 6.92. The largest absolute Gasteiger partial charge is 0.497 e. The van der Waals surface area contributed by atoms with E-state index in [4.69, 9.17) is 4.74 Å². The van der Waals surface area contributed by atoms with E-state index in [1.807, 2.05) is 55.5 Å². The summed E-state index contributed by atoms with van der Waals surface area (Å²) in [4.78, 5) is 34.6. The lowest BCUT2D eigenvalue weighted by molar-refractivity contribution is -0.113. The number of aromatic amines is 1. The first-order valence-electron chi connectivity index (χ1n) is 10.5. The van der Waals surface area contributed by atoms with Crippen LogP contribution in [0, 0.1) is 6.92 Å². The highest BCUT2D eigenvalue weighted by atomic mass is 32.2. The molecule has 0 radical (unpaired) electrons. The van der Waals surface area contributed by atoms with Crippen LogP contribution in [0.25, 0.3) is 0 Å². The van der Waals surface area contributed by atoms with Crippen LogP contribution in [-0.2, 0) is 24.3 Å². The maximum absolute atomic E-state index is 12.7. The van der Waals surface area contributed by atoms with E-state index >= 15 is 0 Å². The summed E-state index contributed by atoms with van der Waals surface area (Å²) < 4.78 is 5.21. The Morgan fingerprint density at radius 1 is 1.25 bits per heavy atom. The highest BCUT2D eigenvalue weighted by Crippen LogP contribution is 2.21. The van der Waals surface area contributed by atoms with Gasteiger partial charge in [-0.2, -0.15) is 0 Å². The number of hydrogen-bond acceptors (Lipinski definition) is 6. The van der Waals surface area contributed by atoms with Gasteiger partial charge in [-0.15, -0.1) is 0 Å². The number of aryl methyl sites for hydroxylation is 1. The van der Waals surface area contributed by atoms with Gasteiger partial charge < -0.3 is 15.0 Å². The first-order chi connectivity index (χ1) is 15.5. The van der Waals surface area contributed by atoms with Gasteiger partial charge in [-0.1, -0.05) is 36.0 Å². The third-order valence-electron chi connectivity index (χ3n) is 5.33. The molecule has 7 nitrogen and oxygen atoms in total. The number of rotatable bonds is 7. The van der Waals surface area contributed by atoms with Crippen LogP contribution < -0.4 is 15.6 Å². The minimum atomic E-state index is -0.133. The van der Waals surface area contributed by atoms with Crippen molar-refractivity contribution in [2.75, 3.05) is 24.7 Å². The predicted molar refractivity (Wildman–Crippen MR) is 126 cm³/mol. The molecule has 2 heterocycles. The molecule has 1 aromatic heterocycles. The van der Waals surface area contributed by atoms with Gasteiger partial charge >= 0.3 is 0 Å². The zero-order valence-electron chi connectivity index (χ0n) is 18.2. The molecule has 166 valence electrons. The monoisotopic (exact) mass is 450 g/mol. The Labute approximate surface area is 191 Å². The van der Waals surface area contributed by atoms with Gasteiger partial charge in [-0.05, 0) is 42.3 Å². The molecule has 2 N–H and O–H groups in total. The van der Waals surface area contributed by atoms with E-state index in [1.165, 1.54) is 17.3 Å². The van der Waals surface area contributed by atoms with Crippen LogP contribution in [0.4, 0.5) is 5.69 Å². The number of benzene rings is 2. The van der Waals surface area contributed by atoms with Crippen molar-refractivity contribution in [2.45, 2.75) is 31.6 Å². The van der Waals surface area contributed by atoms with Crippen molar-refractivity contribution in [3.63, 3.8) is 0 Å². The second-order valence-electron chi connectivity index (χ2n) is 7.81. The van der Waals surface area contributed by atoms with E-state index < -0.39 is 0 Å². The fourth-order valence-corrected chi connectivity index (χ4v) is 4.38. The maximum Gasteiger partial charge on any atom is 0.256 e. The molecule has 4 rings (SSSR count). The number of aromatic nitrogens is 2. The normalized spacial score (nSPS) is 13.4. The number of anilines is 1. The quantitative estimate of drug-likeness (QED) is 0.424. The number of ether oxygens (including phenoxy) is 1. The summed E-state index contributed by atoms with van der Waals surface area (Å²) in [5, 5.41) is 3.36. The molecule has 0 saturated heterocycles. The SMILES string of the molecule is COc1ccc(CN2CCc3nc(SCC(=O)Nc4cccc(C)c4)[nH]c(=O)c3C2)cc1. The van der Waals surface area contributed by atoms with E-state index in [9.17, 15) is 9.59 Å². The molecule has 0 fully saturated rings. The number of hydrogen-bond donors (Lipinski definition) is 2. The number of amides is 1. The smallest absolute Gasteiger partial charge is 0.256 e. The first-order valence-corrected chi connectivity index (χ1v) is 11.5. The number of methoxy groups -OCH3 is 1. The molecule has 8 heteroatoms. The Hall–Kier alpha value is -3.10. The highest BCUT2D eigenvalue weighted by Gasteiger charge is 2.21. The van der Waals surface area contributed by atoms with Crippen LogP contribution >= 0.6 is 11.8 Å². The summed E-state index contributed by atoms with van der Waals surface area (Å²) in [5.74, 6) is 0.877. The van der Waals surface area contributed by atoms with Gasteiger partial charge in [0.2, 0.25) is 5.91 Å². The van der Waals surface area contributed by atoms with Crippen LogP contribution in [0.15, 0.2) is 58.5 Å². The van der Waals surface area contributed by atoms with Gasteiger partial charge in [0, 0.05) is 31.7 Å². The molecule has 0 saturated carbocycles. The third kappa shape index (κ3) is 5.57. The molecule has 1 amide bonds. The average molecular weight is 451 g/mol. The lowest BCUT2D eigenvalue weighted by atomic mass is 10.1. The molecule has 32 heavy (non-hydrogen) atoms. The molecule has 2 aromatic carbocycles. The number of carbonyl (C=O) groups excluding carboxylic acids is 1. The molecule has 1 aliphatic rings. The lowest BCUT2D eigenvalue weighted by Crippen LogP contribution is -2.35. The number of nitrogens with zero attached hydrogens (tertiary/aromatic N) is 2. The zero-order chi connectivity index (χ0) is 22.5. The van der Waals surface area contributed by atoms with Crippen LogP contribution in [-0.4, -0.2) is 40.2 Å². The average Bonchev–Trinajstić information content (AvgIpc) is 2.79. The van der Waals surface area contributed by atoms with Crippen LogP contribution in [0.5, 0.6) is 5.75 Å². The molecular formula is C24H26N4O3S. The Morgan fingerprint density at radius 3 is 2.81 bits per heavy atom. The summed E-state index contributed by atoms with van der Waals surface area (Å²) in [5.41, 5.74) is 4.41. The van der Waals surface area contributed by atoms with Crippen LogP contribution in [0.1, 0.15) is 22.4 Å². The molecule has 0 bridgehead atoms. The summed E-state index contributed by atoms with van der Waals surface area (Å²) in [6.07, 6.45) is 0.707. The highest BCUT2D eigenvalue weighted by molar-refractivity contribution is 7.99. The number of H-pyrrole nitrogens is 1. The van der Waals surface area contributed by atoms with Crippen molar-refractivity contribution in [3.8, 4) is 5.75 Å². The Balaban J connectivity index is 1.36. The van der Waals surface area contributed by atoms with E-state index in [-0.39, 0.29) is 17.2 Å². The second kappa shape index (κ2) is 10.0. The molecule has 1 aliphatic heterocycles. The van der Waals surface area contributed by atoms with Gasteiger partial charge in [-0.3, -0.25) is 14.5 Å². The number of fused-ring (bicyclic) bond motifs is 1. The van der Waals surface area contributed by atoms with Crippen molar-refractivity contribution >= 4 is 23.4 Å². The molecule has 0 aliphatic carbocycles. The van der Waals surface area contributed by atoms with Crippen LogP contribution in [0.2, 0.25) is 0 Å². The molecule has 0 atom stereocenters. The molecule has 3 aromatic rings. The summed E-state index contributed by atoms with van der Waals surface area (Å²) in [6, 6.07) is 15.6. The van der Waals surface area contributed by atoms with Gasteiger partial charge in [0.05, 0.1) is 24.1 Å². The van der Waals surface area contributed by atoms with E-state index in [0.717, 1.165) is 35.8 Å². The van der Waals surface area contributed by atoms with E-state index in [0.29, 0.717) is 23.7 Å². The van der Waals surface area contributed by atoms with Gasteiger partial charge in [0.1, 0.15) is 5.75 Å². The van der Waals surface area contributed by atoms with Crippen molar-refractivity contribution in [1.29, 1.82) is 0 Å². The predicted octanol–water partition coefficient (Wildman–Crippen LogP) is 3.38. The van der Waals surface area contributed by atoms with E-state index in [2.05, 4.69) is 20.2 Å². The van der Waals surface area contributed by atoms with Crippen LogP contribution in [0.3, 0.4) is 0 Å². The first kappa shape index (κ1) is 22.1. The van der Waals surface area contributed by atoms with Gasteiger partial charge in [0.25, 0.3) is 5.56 Å². The summed E-state index contributed by atoms with van der Waals surface area (Å²) in [7, 11) is 1.65. The summed E-state index contributed by atoms with van der Waals surface area (Å²) >= 11 is 1.24. The zero-order valence-corrected chi connectivity index (χ0v) is 19.0. The van der Waals surface area contributed by atoms with Gasteiger partial charge in [0.15, 0.2) is 5.16 Å². The third-order valence-corrected chi connectivity index (χ3v) is 6.21. The second-order valence-corrected chi connectivity index (χ2v) is 8.78. The lowest BCUT2D eigenvalue weighted by Gasteiger charge is -2.27. The van der Waals surface area contributed by atoms with Crippen molar-refractivity contribution in [2.24, 2.45) is 0 Å². The minimum Gasteiger partial charge on any atom is -0.497 e. The van der Waals surface area contributed by atoms with Gasteiger partial charge in [-0.25, -0.2) is 4.98 Å². The number of carbonyl (C=O) groups is 1. The van der Waals surface area contributed by atoms with Crippen molar-refractivity contribution in [1.82, 2.24) is 14.9 Å². The van der Waals surface area contributed by atoms with Crippen molar-refractivity contribution in [3.05, 3.63) is 81.3 Å². The Morgan fingerprint density at radius 2 is 2.06 bits per heavy atom. The molecule has 0 spiro atoms. The molecule has 0 unspecified atom stereocenters. The fourth-order valence-electron chi connectivity index (χ4n) is 3.70. The standard InChI is InChI=1S/C24H26N4O3S/c1-16-4-3-5-18(12-16)25-22(29)15-32-24-26-21-10-11-28(14-20(21)23(30)27-24)13-17-6-8-19(31-2)9-7-17/h3-9,12H,10-11,13-15H2,1-2H3,(H,25,29)(H,26,27,30). The Bertz CT molecular complexity index is 1160. The summed E-state index contributed by atoms with van der Waals surface area (Å²) in [6.45, 7) is 4.12. The number of thioether (sulfide) groups is 1. The maximum atomic E-state index is 12.7.